The third kappa shape index (κ3) is 3.47. The fourth-order valence-corrected chi connectivity index (χ4v) is 8.45. The predicted molar refractivity (Wildman–Crippen MR) is 148 cm³/mol. The van der Waals surface area contributed by atoms with Gasteiger partial charge in [0.2, 0.25) is 0 Å². The highest BCUT2D eigenvalue weighted by Crippen LogP contribution is 2.73. The molecule has 1 aromatic carbocycles. The lowest BCUT2D eigenvalue weighted by Gasteiger charge is -2.61. The average molecular weight is 551 g/mol. The number of ketones is 4. The van der Waals surface area contributed by atoms with E-state index in [1.54, 1.807) is 58.0 Å². The third-order valence-electron chi connectivity index (χ3n) is 10.8. The van der Waals surface area contributed by atoms with E-state index in [4.69, 9.17) is 9.78 Å². The first-order chi connectivity index (χ1) is 18.4. The average Bonchev–Trinajstić information content (AvgIpc) is 3.07. The topological polar surface area (TPSA) is 107 Å². The molecule has 7 nitrogen and oxygen atoms in total. The van der Waals surface area contributed by atoms with Gasteiger partial charge in [0.25, 0.3) is 0 Å². The molecule has 1 N–H and O–H groups in total. The minimum absolute atomic E-state index is 0.125. The molecule has 1 heterocycles. The summed E-state index contributed by atoms with van der Waals surface area (Å²) < 4.78 is 0. The summed E-state index contributed by atoms with van der Waals surface area (Å²) in [6, 6.07) is 8.49. The van der Waals surface area contributed by atoms with Crippen LogP contribution in [-0.4, -0.2) is 45.5 Å². The van der Waals surface area contributed by atoms with Gasteiger partial charge in [-0.1, -0.05) is 55.8 Å². The van der Waals surface area contributed by atoms with E-state index in [9.17, 15) is 9.90 Å². The van der Waals surface area contributed by atoms with Crippen LogP contribution < -0.4 is 0 Å². The van der Waals surface area contributed by atoms with Gasteiger partial charge in [0.05, 0.1) is 16.4 Å². The van der Waals surface area contributed by atoms with Gasteiger partial charge in [-0.2, -0.15) is 0 Å². The largest absolute Gasteiger partial charge is 0.388 e. The Morgan fingerprint density at radius 3 is 2.20 bits per heavy atom. The molecule has 1 aromatic rings. The van der Waals surface area contributed by atoms with E-state index in [0.29, 0.717) is 6.42 Å². The van der Waals surface area contributed by atoms with Crippen LogP contribution in [0.1, 0.15) is 91.4 Å². The zero-order chi connectivity index (χ0) is 29.7. The van der Waals surface area contributed by atoms with Crippen LogP contribution in [0.2, 0.25) is 0 Å². The van der Waals surface area contributed by atoms with Gasteiger partial charge in [-0.3, -0.25) is 19.2 Å². The summed E-state index contributed by atoms with van der Waals surface area (Å²) in [5.74, 6) is -3.17. The van der Waals surface area contributed by atoms with E-state index in [1.165, 1.54) is 0 Å². The molecule has 4 saturated carbocycles. The number of hydrogen-bond donors (Lipinski definition) is 1. The molecule has 5 aliphatic rings. The normalized spacial score (nSPS) is 37.9. The van der Waals surface area contributed by atoms with Gasteiger partial charge < -0.3 is 5.11 Å². The van der Waals surface area contributed by atoms with Crippen LogP contribution in [0.15, 0.2) is 42.0 Å². The molecule has 5 fully saturated rings. The predicted octanol–water partition coefficient (Wildman–Crippen LogP) is 5.24. The monoisotopic (exact) mass is 550 g/mol. The van der Waals surface area contributed by atoms with Crippen LogP contribution >= 0.6 is 0 Å². The Balaban J connectivity index is 1.91. The molecule has 0 radical (unpaired) electrons. The molecule has 1 saturated heterocycles. The summed E-state index contributed by atoms with van der Waals surface area (Å²) in [5, 5.41) is 11.1. The Morgan fingerprint density at radius 2 is 1.62 bits per heavy atom. The van der Waals surface area contributed by atoms with Gasteiger partial charge in [0, 0.05) is 11.5 Å². The van der Waals surface area contributed by atoms with Crippen LogP contribution in [0.4, 0.5) is 0 Å². The standard InChI is InChI=1S/C33H42O7/c1-19(2)14-15-31-17-21-16-22-30(7,8)40-39-23(29(5,6)38)18-32(22,25(31)35)27(37)33(26(31)36,28(21,3)4)24(34)20-12-10-9-11-13-20/h9-14,21-23,38H,15-18H2,1-8H3. The molecular formula is C33H42O7. The molecule has 1 aliphatic heterocycles. The second-order valence-electron chi connectivity index (χ2n) is 14.5. The van der Waals surface area contributed by atoms with E-state index in [2.05, 4.69) is 0 Å². The highest BCUT2D eigenvalue weighted by molar-refractivity contribution is 6.42. The Morgan fingerprint density at radius 1 is 1.00 bits per heavy atom. The Kier molecular flexibility index (Phi) is 6.36. The zero-order valence-electron chi connectivity index (χ0n) is 24.9. The van der Waals surface area contributed by atoms with Crippen LogP contribution in [0.3, 0.4) is 0 Å². The highest BCUT2D eigenvalue weighted by atomic mass is 17.2. The maximum atomic E-state index is 15.4. The first-order valence-corrected chi connectivity index (χ1v) is 14.4. The second kappa shape index (κ2) is 8.76. The minimum Gasteiger partial charge on any atom is -0.388 e. The summed E-state index contributed by atoms with van der Waals surface area (Å²) in [6.45, 7) is 14.2. The lowest BCUT2D eigenvalue weighted by Crippen LogP contribution is -2.76. The van der Waals surface area contributed by atoms with Crippen LogP contribution in [0.5, 0.6) is 0 Å². The third-order valence-corrected chi connectivity index (χ3v) is 10.8. The molecular weight excluding hydrogens is 508 g/mol. The second-order valence-corrected chi connectivity index (χ2v) is 14.5. The number of carbonyl (C=O) groups excluding carboxylic acids is 4. The number of carbonyl (C=O) groups is 4. The number of benzene rings is 1. The summed E-state index contributed by atoms with van der Waals surface area (Å²) >= 11 is 0. The van der Waals surface area contributed by atoms with E-state index in [-0.39, 0.29) is 30.7 Å². The van der Waals surface area contributed by atoms with Gasteiger partial charge in [0.1, 0.15) is 11.7 Å². The number of aliphatic hydroxyl groups is 1. The molecule has 4 aliphatic carbocycles. The SMILES string of the molecule is CC(C)=CCC12CC3CC4C(C)(C)OOC(C(C)(C)O)CC4(C1=O)C(=O)C(C(=O)c1ccccc1)(C2=O)C3(C)C. The van der Waals surface area contributed by atoms with Gasteiger partial charge in [0.15, 0.2) is 28.5 Å². The fourth-order valence-electron chi connectivity index (χ4n) is 8.45. The quantitative estimate of drug-likeness (QED) is 0.231. The van der Waals surface area contributed by atoms with Crippen molar-refractivity contribution >= 4 is 23.1 Å². The van der Waals surface area contributed by atoms with Crippen molar-refractivity contribution in [2.75, 3.05) is 0 Å². The first kappa shape index (κ1) is 29.0. The summed E-state index contributed by atoms with van der Waals surface area (Å²) in [6.07, 6.45) is 1.48. The fraction of sp³-hybridized carbons (Fsp3) is 0.636. The molecule has 216 valence electrons. The summed E-state index contributed by atoms with van der Waals surface area (Å²) in [5.41, 5.74) is -7.80. The molecule has 7 heteroatoms. The molecule has 4 bridgehead atoms. The molecule has 6 atom stereocenters. The Bertz CT molecular complexity index is 1310. The zero-order valence-corrected chi connectivity index (χ0v) is 24.9. The van der Waals surface area contributed by atoms with Crippen molar-refractivity contribution in [3.63, 3.8) is 0 Å². The van der Waals surface area contributed by atoms with Crippen molar-refractivity contribution < 1.29 is 34.1 Å². The molecule has 0 aromatic heterocycles. The van der Waals surface area contributed by atoms with Crippen LogP contribution in [0.25, 0.3) is 0 Å². The van der Waals surface area contributed by atoms with Crippen molar-refractivity contribution in [2.45, 2.75) is 98.4 Å². The number of allylic oxidation sites excluding steroid dienone is 2. The lowest BCUT2D eigenvalue weighted by atomic mass is 9.36. The molecule has 1 spiro atoms. The molecule has 0 amide bonds. The molecule has 6 unspecified atom stereocenters. The van der Waals surface area contributed by atoms with Crippen LogP contribution in [-0.2, 0) is 24.2 Å². The van der Waals surface area contributed by atoms with E-state index in [0.717, 1.165) is 5.57 Å². The van der Waals surface area contributed by atoms with E-state index in [1.807, 2.05) is 33.8 Å². The number of hydrogen-bond acceptors (Lipinski definition) is 7. The Labute approximate surface area is 236 Å². The van der Waals surface area contributed by atoms with Crippen LogP contribution in [0, 0.1) is 33.5 Å². The van der Waals surface area contributed by atoms with E-state index < -0.39 is 68.0 Å². The maximum absolute atomic E-state index is 15.4. The van der Waals surface area contributed by atoms with Crippen molar-refractivity contribution in [2.24, 2.45) is 33.5 Å². The van der Waals surface area contributed by atoms with Gasteiger partial charge >= 0.3 is 0 Å². The van der Waals surface area contributed by atoms with Gasteiger partial charge in [-0.25, -0.2) is 9.78 Å². The number of rotatable bonds is 5. The van der Waals surface area contributed by atoms with Crippen molar-refractivity contribution in [1.29, 1.82) is 0 Å². The first-order valence-electron chi connectivity index (χ1n) is 14.4. The maximum Gasteiger partial charge on any atom is 0.184 e. The smallest absolute Gasteiger partial charge is 0.184 e. The molecule has 6 rings (SSSR count). The lowest BCUT2D eigenvalue weighted by molar-refractivity contribution is -0.394. The number of Topliss-reactive ketones (excluding diaryl/α,β-unsaturated/α-hetero) is 4. The van der Waals surface area contributed by atoms with Gasteiger partial charge in [-0.15, -0.1) is 0 Å². The van der Waals surface area contributed by atoms with Crippen molar-refractivity contribution in [3.8, 4) is 0 Å². The van der Waals surface area contributed by atoms with Crippen molar-refractivity contribution in [3.05, 3.63) is 47.5 Å². The summed E-state index contributed by atoms with van der Waals surface area (Å²) in [4.78, 5) is 72.2. The van der Waals surface area contributed by atoms with E-state index >= 15 is 14.4 Å². The molecule has 40 heavy (non-hydrogen) atoms. The minimum atomic E-state index is -2.07. The Hall–Kier alpha value is -2.48. The summed E-state index contributed by atoms with van der Waals surface area (Å²) in [7, 11) is 0. The highest BCUT2D eigenvalue weighted by Gasteiger charge is 2.85. The van der Waals surface area contributed by atoms with Crippen molar-refractivity contribution in [1.82, 2.24) is 0 Å². The van der Waals surface area contributed by atoms with Gasteiger partial charge in [-0.05, 0) is 78.6 Å².